The van der Waals surface area contributed by atoms with Crippen LogP contribution in [0.3, 0.4) is 0 Å². The maximum Gasteiger partial charge on any atom is 0.334 e. The molecule has 0 amide bonds. The molecular formula is C12H18O2. The molecule has 0 aromatic carbocycles. The van der Waals surface area contributed by atoms with E-state index in [9.17, 15) is 4.79 Å². The number of esters is 1. The molecule has 14 heavy (non-hydrogen) atoms. The van der Waals surface area contributed by atoms with Gasteiger partial charge in [0.05, 0.1) is 0 Å². The Morgan fingerprint density at radius 2 is 1.93 bits per heavy atom. The van der Waals surface area contributed by atoms with Crippen LogP contribution in [0.2, 0.25) is 0 Å². The third-order valence-electron chi connectivity index (χ3n) is 3.66. The third kappa shape index (κ3) is 1.58. The minimum Gasteiger partial charge on any atom is -0.458 e. The standard InChI is InChI=1S/C12H18O2/c1-8-9(2)12(13)14-11(8)10-6-4-3-5-7-10/h8,10-11H,2-7H2,1H3/t8-,11+/m0/s1. The van der Waals surface area contributed by atoms with Crippen LogP contribution in [0.1, 0.15) is 39.0 Å². The van der Waals surface area contributed by atoms with Crippen LogP contribution in [-0.2, 0) is 9.53 Å². The van der Waals surface area contributed by atoms with Crippen molar-refractivity contribution in [2.45, 2.75) is 45.1 Å². The van der Waals surface area contributed by atoms with E-state index in [2.05, 4.69) is 13.5 Å². The fourth-order valence-electron chi connectivity index (χ4n) is 2.65. The van der Waals surface area contributed by atoms with Crippen molar-refractivity contribution in [3.8, 4) is 0 Å². The van der Waals surface area contributed by atoms with Crippen LogP contribution in [0.5, 0.6) is 0 Å². The van der Waals surface area contributed by atoms with Gasteiger partial charge in [0.1, 0.15) is 6.10 Å². The van der Waals surface area contributed by atoms with Gasteiger partial charge in [-0.2, -0.15) is 0 Å². The fraction of sp³-hybridized carbons (Fsp3) is 0.750. The van der Waals surface area contributed by atoms with E-state index >= 15 is 0 Å². The summed E-state index contributed by atoms with van der Waals surface area (Å²) in [5.74, 6) is 0.639. The summed E-state index contributed by atoms with van der Waals surface area (Å²) in [6.07, 6.45) is 6.48. The lowest BCUT2D eigenvalue weighted by Crippen LogP contribution is -2.27. The van der Waals surface area contributed by atoms with Crippen molar-refractivity contribution in [2.75, 3.05) is 0 Å². The average molecular weight is 194 g/mol. The summed E-state index contributed by atoms with van der Waals surface area (Å²) in [5, 5.41) is 0. The van der Waals surface area contributed by atoms with Gasteiger partial charge in [-0.1, -0.05) is 32.8 Å². The van der Waals surface area contributed by atoms with Crippen molar-refractivity contribution in [1.29, 1.82) is 0 Å². The van der Waals surface area contributed by atoms with Crippen LogP contribution in [0.25, 0.3) is 0 Å². The number of carbonyl (C=O) groups is 1. The highest BCUT2D eigenvalue weighted by Gasteiger charge is 2.40. The molecule has 1 saturated heterocycles. The zero-order valence-corrected chi connectivity index (χ0v) is 8.79. The topological polar surface area (TPSA) is 26.3 Å². The van der Waals surface area contributed by atoms with E-state index in [0.29, 0.717) is 11.5 Å². The Morgan fingerprint density at radius 3 is 2.43 bits per heavy atom. The van der Waals surface area contributed by atoms with Gasteiger partial charge in [0.2, 0.25) is 0 Å². The first-order valence-electron chi connectivity index (χ1n) is 5.60. The van der Waals surface area contributed by atoms with Gasteiger partial charge in [-0.3, -0.25) is 0 Å². The molecular weight excluding hydrogens is 176 g/mol. The second-order valence-electron chi connectivity index (χ2n) is 4.58. The van der Waals surface area contributed by atoms with Crippen LogP contribution >= 0.6 is 0 Å². The Morgan fingerprint density at radius 1 is 1.29 bits per heavy atom. The first-order valence-corrected chi connectivity index (χ1v) is 5.60. The largest absolute Gasteiger partial charge is 0.458 e. The van der Waals surface area contributed by atoms with Gasteiger partial charge >= 0.3 is 5.97 Å². The molecule has 2 heteroatoms. The van der Waals surface area contributed by atoms with Gasteiger partial charge in [0, 0.05) is 11.5 Å². The van der Waals surface area contributed by atoms with Crippen LogP contribution in [0, 0.1) is 11.8 Å². The Balaban J connectivity index is 2.04. The highest BCUT2D eigenvalue weighted by Crippen LogP contribution is 2.37. The Labute approximate surface area is 85.3 Å². The van der Waals surface area contributed by atoms with Crippen molar-refractivity contribution < 1.29 is 9.53 Å². The number of carbonyl (C=O) groups excluding carboxylic acids is 1. The second kappa shape index (κ2) is 3.76. The molecule has 1 aliphatic heterocycles. The van der Waals surface area contributed by atoms with Gasteiger partial charge in [-0.15, -0.1) is 0 Å². The molecule has 78 valence electrons. The van der Waals surface area contributed by atoms with E-state index in [1.165, 1.54) is 32.1 Å². The summed E-state index contributed by atoms with van der Waals surface area (Å²) in [4.78, 5) is 11.3. The Bertz CT molecular complexity index is 251. The molecule has 2 aliphatic rings. The zero-order valence-electron chi connectivity index (χ0n) is 8.79. The summed E-state index contributed by atoms with van der Waals surface area (Å²) in [6.45, 7) is 5.85. The SMILES string of the molecule is C=C1C(=O)O[C@@H](C2CCCCC2)[C@H]1C. The monoisotopic (exact) mass is 194 g/mol. The van der Waals surface area contributed by atoms with Crippen molar-refractivity contribution >= 4 is 5.97 Å². The fourth-order valence-corrected chi connectivity index (χ4v) is 2.65. The number of cyclic esters (lactones) is 1. The zero-order chi connectivity index (χ0) is 10.1. The molecule has 0 aromatic heterocycles. The van der Waals surface area contributed by atoms with E-state index in [0.717, 1.165) is 0 Å². The molecule has 0 unspecified atom stereocenters. The van der Waals surface area contributed by atoms with Crippen LogP contribution in [0.15, 0.2) is 12.2 Å². The summed E-state index contributed by atoms with van der Waals surface area (Å²) < 4.78 is 5.39. The van der Waals surface area contributed by atoms with Gasteiger partial charge in [-0.05, 0) is 18.8 Å². The molecule has 1 saturated carbocycles. The van der Waals surface area contributed by atoms with Crippen molar-refractivity contribution in [3.63, 3.8) is 0 Å². The Kier molecular flexibility index (Phi) is 2.62. The Hall–Kier alpha value is -0.790. The minimum atomic E-state index is -0.173. The lowest BCUT2D eigenvalue weighted by molar-refractivity contribution is -0.141. The highest BCUT2D eigenvalue weighted by molar-refractivity contribution is 5.90. The van der Waals surface area contributed by atoms with E-state index in [1.807, 2.05) is 0 Å². The molecule has 0 N–H and O–H groups in total. The summed E-state index contributed by atoms with van der Waals surface area (Å²) in [6, 6.07) is 0. The molecule has 2 rings (SSSR count). The van der Waals surface area contributed by atoms with E-state index in [1.54, 1.807) is 0 Å². The molecule has 0 bridgehead atoms. The third-order valence-corrected chi connectivity index (χ3v) is 3.66. The van der Waals surface area contributed by atoms with Crippen LogP contribution in [0.4, 0.5) is 0 Å². The molecule has 0 spiro atoms. The van der Waals surface area contributed by atoms with Gasteiger partial charge < -0.3 is 4.74 Å². The lowest BCUT2D eigenvalue weighted by Gasteiger charge is -2.28. The van der Waals surface area contributed by atoms with Crippen molar-refractivity contribution in [2.24, 2.45) is 11.8 Å². The molecule has 1 heterocycles. The predicted molar refractivity (Wildman–Crippen MR) is 54.8 cm³/mol. The van der Waals surface area contributed by atoms with Gasteiger partial charge in [0.25, 0.3) is 0 Å². The first kappa shape index (κ1) is 9.75. The molecule has 1 aliphatic carbocycles. The smallest absolute Gasteiger partial charge is 0.334 e. The predicted octanol–water partition coefficient (Wildman–Crippen LogP) is 2.68. The first-order chi connectivity index (χ1) is 6.70. The minimum absolute atomic E-state index is 0.121. The van der Waals surface area contributed by atoms with E-state index in [-0.39, 0.29) is 18.0 Å². The van der Waals surface area contributed by atoms with Crippen LogP contribution < -0.4 is 0 Å². The summed E-state index contributed by atoms with van der Waals surface area (Å²) in [7, 11) is 0. The number of hydrogen-bond donors (Lipinski definition) is 0. The molecule has 0 aromatic rings. The molecule has 2 atom stereocenters. The molecule has 2 fully saturated rings. The normalized spacial score (nSPS) is 34.6. The molecule has 2 nitrogen and oxygen atoms in total. The van der Waals surface area contributed by atoms with Gasteiger partial charge in [0.15, 0.2) is 0 Å². The van der Waals surface area contributed by atoms with Crippen LogP contribution in [-0.4, -0.2) is 12.1 Å². The quantitative estimate of drug-likeness (QED) is 0.474. The number of hydrogen-bond acceptors (Lipinski definition) is 2. The maximum atomic E-state index is 11.3. The average Bonchev–Trinajstić information content (AvgIpc) is 2.47. The van der Waals surface area contributed by atoms with Crippen molar-refractivity contribution in [1.82, 2.24) is 0 Å². The van der Waals surface area contributed by atoms with Crippen molar-refractivity contribution in [3.05, 3.63) is 12.2 Å². The number of ether oxygens (including phenoxy) is 1. The maximum absolute atomic E-state index is 11.3. The second-order valence-corrected chi connectivity index (χ2v) is 4.58. The highest BCUT2D eigenvalue weighted by atomic mass is 16.6. The number of rotatable bonds is 1. The van der Waals surface area contributed by atoms with E-state index < -0.39 is 0 Å². The van der Waals surface area contributed by atoms with E-state index in [4.69, 9.17) is 4.74 Å². The molecule has 0 radical (unpaired) electrons. The lowest BCUT2D eigenvalue weighted by atomic mass is 9.80. The summed E-state index contributed by atoms with van der Waals surface area (Å²) in [5.41, 5.74) is 0.667. The van der Waals surface area contributed by atoms with Gasteiger partial charge in [-0.25, -0.2) is 4.79 Å². The summed E-state index contributed by atoms with van der Waals surface area (Å²) >= 11 is 0.